The highest BCUT2D eigenvalue weighted by Gasteiger charge is 2.32. The van der Waals surface area contributed by atoms with Crippen LogP contribution >= 0.6 is 0 Å². The molecule has 136 valence electrons. The first-order valence-corrected chi connectivity index (χ1v) is 9.45. The summed E-state index contributed by atoms with van der Waals surface area (Å²) in [6, 6.07) is 0. The van der Waals surface area contributed by atoms with Gasteiger partial charge in [-0.1, -0.05) is 5.16 Å². The molecule has 0 aromatic carbocycles. The molecule has 1 atom stereocenters. The van der Waals surface area contributed by atoms with Crippen molar-refractivity contribution in [2.75, 3.05) is 33.3 Å². The van der Waals surface area contributed by atoms with E-state index in [1.54, 1.807) is 25.9 Å². The lowest BCUT2D eigenvalue weighted by atomic mass is 10.2. The van der Waals surface area contributed by atoms with Crippen LogP contribution in [0.4, 0.5) is 0 Å². The molecular formula is C15H25N3O5S. The first-order chi connectivity index (χ1) is 11.3. The molecule has 1 amide bonds. The van der Waals surface area contributed by atoms with Gasteiger partial charge in [0.05, 0.1) is 12.5 Å². The molecule has 0 radical (unpaired) electrons. The molecule has 1 saturated heterocycles. The fourth-order valence-corrected chi connectivity index (χ4v) is 4.57. The fourth-order valence-electron chi connectivity index (χ4n) is 2.81. The third-order valence-corrected chi connectivity index (χ3v) is 6.38. The van der Waals surface area contributed by atoms with Gasteiger partial charge in [-0.3, -0.25) is 4.79 Å². The number of nitrogens with zero attached hydrogens (tertiary/aromatic N) is 3. The highest BCUT2D eigenvalue weighted by atomic mass is 32.2. The minimum Gasteiger partial charge on any atom is -0.381 e. The van der Waals surface area contributed by atoms with E-state index >= 15 is 0 Å². The second kappa shape index (κ2) is 7.62. The first-order valence-electron chi connectivity index (χ1n) is 8.01. The van der Waals surface area contributed by atoms with E-state index in [1.807, 2.05) is 6.92 Å². The third kappa shape index (κ3) is 3.96. The Hall–Kier alpha value is -1.45. The Morgan fingerprint density at radius 1 is 1.29 bits per heavy atom. The van der Waals surface area contributed by atoms with E-state index in [0.717, 1.165) is 0 Å². The number of hydrogen-bond donors (Lipinski definition) is 0. The Bertz CT molecular complexity index is 666. The predicted octanol–water partition coefficient (Wildman–Crippen LogP) is 0.939. The van der Waals surface area contributed by atoms with Gasteiger partial charge in [-0.15, -0.1) is 0 Å². The molecule has 1 fully saturated rings. The molecule has 0 bridgehead atoms. The van der Waals surface area contributed by atoms with Gasteiger partial charge in [0.25, 0.3) is 0 Å². The molecule has 24 heavy (non-hydrogen) atoms. The van der Waals surface area contributed by atoms with E-state index in [4.69, 9.17) is 9.26 Å². The number of sulfonamides is 1. The molecule has 1 aromatic rings. The third-order valence-electron chi connectivity index (χ3n) is 4.24. The maximum absolute atomic E-state index is 12.8. The van der Waals surface area contributed by atoms with E-state index in [0.29, 0.717) is 43.9 Å². The molecule has 2 heterocycles. The molecule has 0 aliphatic carbocycles. The Labute approximate surface area is 142 Å². The molecule has 1 unspecified atom stereocenters. The average molecular weight is 359 g/mol. The van der Waals surface area contributed by atoms with Gasteiger partial charge in [0.15, 0.2) is 5.76 Å². The van der Waals surface area contributed by atoms with Gasteiger partial charge in [-0.05, 0) is 27.2 Å². The molecule has 0 N–H and O–H groups in total. The van der Waals surface area contributed by atoms with Crippen LogP contribution in [0.5, 0.6) is 0 Å². The lowest BCUT2D eigenvalue weighted by molar-refractivity contribution is -0.133. The van der Waals surface area contributed by atoms with Crippen molar-refractivity contribution in [2.45, 2.75) is 44.6 Å². The largest absolute Gasteiger partial charge is 0.381 e. The zero-order valence-electron chi connectivity index (χ0n) is 14.6. The fraction of sp³-hybridized carbons (Fsp3) is 0.733. The van der Waals surface area contributed by atoms with Crippen LogP contribution in [0.25, 0.3) is 0 Å². The quantitative estimate of drug-likeness (QED) is 0.777. The number of carbonyl (C=O) groups is 1. The van der Waals surface area contributed by atoms with Crippen molar-refractivity contribution in [3.05, 3.63) is 11.5 Å². The van der Waals surface area contributed by atoms with Crippen LogP contribution in [-0.4, -0.2) is 68.1 Å². The summed E-state index contributed by atoms with van der Waals surface area (Å²) in [5.74, 6) is 0.277. The number of aromatic nitrogens is 1. The standard InChI is InChI=1S/C15H25N3O5S/c1-11(22-4)10-14(19)17-6-5-7-18(9-8-17)24(20,21)15-12(2)16-23-13(15)3/h11H,5-10H2,1-4H3. The Morgan fingerprint density at radius 3 is 2.58 bits per heavy atom. The van der Waals surface area contributed by atoms with Crippen LogP contribution in [0.15, 0.2) is 9.42 Å². The summed E-state index contributed by atoms with van der Waals surface area (Å²) in [5.41, 5.74) is 0.360. The Balaban J connectivity index is 2.09. The van der Waals surface area contributed by atoms with Crippen molar-refractivity contribution in [3.63, 3.8) is 0 Å². The van der Waals surface area contributed by atoms with Gasteiger partial charge in [-0.25, -0.2) is 8.42 Å². The maximum atomic E-state index is 12.8. The molecular weight excluding hydrogens is 334 g/mol. The number of aryl methyl sites for hydroxylation is 2. The van der Waals surface area contributed by atoms with E-state index in [9.17, 15) is 13.2 Å². The monoisotopic (exact) mass is 359 g/mol. The van der Waals surface area contributed by atoms with Gasteiger partial charge in [-0.2, -0.15) is 4.31 Å². The van der Waals surface area contributed by atoms with E-state index < -0.39 is 10.0 Å². The lowest BCUT2D eigenvalue weighted by Gasteiger charge is -2.23. The molecule has 8 nitrogen and oxygen atoms in total. The zero-order chi connectivity index (χ0) is 17.9. The van der Waals surface area contributed by atoms with Crippen molar-refractivity contribution in [1.29, 1.82) is 0 Å². The smallest absolute Gasteiger partial charge is 0.248 e. The maximum Gasteiger partial charge on any atom is 0.248 e. The van der Waals surface area contributed by atoms with Gasteiger partial charge < -0.3 is 14.2 Å². The topological polar surface area (TPSA) is 93.0 Å². The minimum atomic E-state index is -3.67. The number of rotatable bonds is 5. The van der Waals surface area contributed by atoms with Gasteiger partial charge in [0.2, 0.25) is 15.9 Å². The van der Waals surface area contributed by atoms with Crippen molar-refractivity contribution in [3.8, 4) is 0 Å². The SMILES string of the molecule is COC(C)CC(=O)N1CCCN(S(=O)(=O)c2c(C)noc2C)CC1. The normalized spacial score (nSPS) is 18.4. The summed E-state index contributed by atoms with van der Waals surface area (Å²) in [6.45, 7) is 6.59. The van der Waals surface area contributed by atoms with E-state index in [-0.39, 0.29) is 23.5 Å². The second-order valence-corrected chi connectivity index (χ2v) is 7.92. The number of amides is 1. The average Bonchev–Trinajstić information content (AvgIpc) is 2.75. The molecule has 1 aliphatic rings. The van der Waals surface area contributed by atoms with Crippen molar-refractivity contribution < 1.29 is 22.5 Å². The van der Waals surface area contributed by atoms with Crippen molar-refractivity contribution >= 4 is 15.9 Å². The van der Waals surface area contributed by atoms with Crippen LogP contribution in [0, 0.1) is 13.8 Å². The molecule has 2 rings (SSSR count). The predicted molar refractivity (Wildman–Crippen MR) is 87.0 cm³/mol. The van der Waals surface area contributed by atoms with Crippen LogP contribution in [0.1, 0.15) is 31.2 Å². The summed E-state index contributed by atoms with van der Waals surface area (Å²) < 4.78 is 37.2. The van der Waals surface area contributed by atoms with Crippen LogP contribution in [-0.2, 0) is 19.6 Å². The van der Waals surface area contributed by atoms with Crippen LogP contribution in [0.3, 0.4) is 0 Å². The minimum absolute atomic E-state index is 0.0130. The molecule has 0 spiro atoms. The molecule has 1 aliphatic heterocycles. The summed E-state index contributed by atoms with van der Waals surface area (Å²) in [4.78, 5) is 14.1. The van der Waals surface area contributed by atoms with Crippen molar-refractivity contribution in [2.24, 2.45) is 0 Å². The summed E-state index contributed by atoms with van der Waals surface area (Å²) in [5, 5.41) is 3.73. The second-order valence-electron chi connectivity index (χ2n) is 6.04. The Morgan fingerprint density at radius 2 is 2.00 bits per heavy atom. The number of hydrogen-bond acceptors (Lipinski definition) is 6. The van der Waals surface area contributed by atoms with Crippen LogP contribution in [0.2, 0.25) is 0 Å². The molecule has 1 aromatic heterocycles. The van der Waals surface area contributed by atoms with Crippen molar-refractivity contribution in [1.82, 2.24) is 14.4 Å². The van der Waals surface area contributed by atoms with E-state index in [2.05, 4.69) is 5.16 Å². The molecule has 9 heteroatoms. The lowest BCUT2D eigenvalue weighted by Crippen LogP contribution is -2.38. The number of carbonyl (C=O) groups excluding carboxylic acids is 1. The van der Waals surface area contributed by atoms with E-state index in [1.165, 1.54) is 4.31 Å². The highest BCUT2D eigenvalue weighted by molar-refractivity contribution is 7.89. The van der Waals surface area contributed by atoms with Gasteiger partial charge >= 0.3 is 0 Å². The Kier molecular flexibility index (Phi) is 6.00. The summed E-state index contributed by atoms with van der Waals surface area (Å²) in [7, 11) is -2.10. The zero-order valence-corrected chi connectivity index (χ0v) is 15.4. The number of methoxy groups -OCH3 is 1. The number of ether oxygens (including phenoxy) is 1. The van der Waals surface area contributed by atoms with Crippen LogP contribution < -0.4 is 0 Å². The summed E-state index contributed by atoms with van der Waals surface area (Å²) in [6.07, 6.45) is 0.742. The summed E-state index contributed by atoms with van der Waals surface area (Å²) >= 11 is 0. The first kappa shape index (κ1) is 18.9. The van der Waals surface area contributed by atoms with Gasteiger partial charge in [0.1, 0.15) is 10.6 Å². The molecule has 0 saturated carbocycles. The van der Waals surface area contributed by atoms with Gasteiger partial charge in [0, 0.05) is 33.3 Å². The highest BCUT2D eigenvalue weighted by Crippen LogP contribution is 2.24.